The standard InChI is InChI=1S/C22H23FN2O4/c23-17-4-1-3-15(13-17)14-22(10-2-11-22)21(29)25-18-7-5-16(6-8-18)20(28)24-12-9-19(26)27/h1,3-8,13H,2,9-12,14H2,(H,24,28)(H,25,29)(H,26,27). The molecule has 152 valence electrons. The molecule has 2 aromatic carbocycles. The SMILES string of the molecule is O=C(O)CCNC(=O)c1ccc(NC(=O)C2(Cc3cccc(F)c3)CCC2)cc1. The summed E-state index contributed by atoms with van der Waals surface area (Å²) in [6.07, 6.45) is 2.80. The van der Waals surface area contributed by atoms with Crippen LogP contribution in [0.1, 0.15) is 41.6 Å². The van der Waals surface area contributed by atoms with Gasteiger partial charge in [-0.3, -0.25) is 14.4 Å². The second-order valence-corrected chi connectivity index (χ2v) is 7.37. The first-order valence-electron chi connectivity index (χ1n) is 9.54. The number of carboxylic acid groups (broad SMARTS) is 1. The molecule has 0 atom stereocenters. The maximum atomic E-state index is 13.5. The third-order valence-corrected chi connectivity index (χ3v) is 5.25. The lowest BCUT2D eigenvalue weighted by Gasteiger charge is -2.40. The number of carbonyl (C=O) groups is 3. The van der Waals surface area contributed by atoms with Crippen molar-refractivity contribution in [1.82, 2.24) is 5.32 Å². The Labute approximate surface area is 168 Å². The third-order valence-electron chi connectivity index (χ3n) is 5.25. The number of carbonyl (C=O) groups excluding carboxylic acids is 2. The Morgan fingerprint density at radius 1 is 1.07 bits per heavy atom. The molecule has 3 rings (SSSR count). The maximum absolute atomic E-state index is 13.5. The Bertz CT molecular complexity index is 907. The van der Waals surface area contributed by atoms with Crippen molar-refractivity contribution in [2.45, 2.75) is 32.1 Å². The number of nitrogens with one attached hydrogen (secondary N) is 2. The van der Waals surface area contributed by atoms with Gasteiger partial charge in [-0.05, 0) is 61.2 Å². The second kappa shape index (κ2) is 8.86. The molecule has 1 aliphatic rings. The molecule has 0 unspecified atom stereocenters. The van der Waals surface area contributed by atoms with Gasteiger partial charge in [0.15, 0.2) is 0 Å². The number of hydrogen-bond acceptors (Lipinski definition) is 3. The van der Waals surface area contributed by atoms with E-state index in [-0.39, 0.29) is 30.6 Å². The minimum Gasteiger partial charge on any atom is -0.481 e. The molecular weight excluding hydrogens is 375 g/mol. The number of rotatable bonds is 8. The van der Waals surface area contributed by atoms with Crippen LogP contribution in [-0.4, -0.2) is 29.4 Å². The molecule has 29 heavy (non-hydrogen) atoms. The number of halogens is 1. The van der Waals surface area contributed by atoms with E-state index in [9.17, 15) is 18.8 Å². The Balaban J connectivity index is 1.60. The minimum atomic E-state index is -0.980. The van der Waals surface area contributed by atoms with Gasteiger partial charge in [0.1, 0.15) is 5.82 Å². The molecule has 0 saturated heterocycles. The van der Waals surface area contributed by atoms with E-state index in [4.69, 9.17) is 5.11 Å². The highest BCUT2D eigenvalue weighted by Gasteiger charge is 2.44. The second-order valence-electron chi connectivity index (χ2n) is 7.37. The average molecular weight is 398 g/mol. The highest BCUT2D eigenvalue weighted by molar-refractivity contribution is 5.98. The zero-order chi connectivity index (χ0) is 20.9. The topological polar surface area (TPSA) is 95.5 Å². The summed E-state index contributed by atoms with van der Waals surface area (Å²) in [5, 5.41) is 14.0. The molecule has 1 aliphatic carbocycles. The molecule has 1 fully saturated rings. The van der Waals surface area contributed by atoms with Crippen LogP contribution in [-0.2, 0) is 16.0 Å². The van der Waals surface area contributed by atoms with Gasteiger partial charge in [0, 0.05) is 17.8 Å². The third kappa shape index (κ3) is 5.19. The van der Waals surface area contributed by atoms with Crippen molar-refractivity contribution in [3.63, 3.8) is 0 Å². The lowest BCUT2D eigenvalue weighted by atomic mass is 9.64. The van der Waals surface area contributed by atoms with Crippen LogP contribution >= 0.6 is 0 Å². The van der Waals surface area contributed by atoms with Crippen LogP contribution in [0.5, 0.6) is 0 Å². The number of carboxylic acids is 1. The highest BCUT2D eigenvalue weighted by Crippen LogP contribution is 2.44. The Kier molecular flexibility index (Phi) is 6.26. The smallest absolute Gasteiger partial charge is 0.305 e. The summed E-state index contributed by atoms with van der Waals surface area (Å²) < 4.78 is 13.5. The van der Waals surface area contributed by atoms with Crippen LogP contribution in [0.15, 0.2) is 48.5 Å². The number of hydrogen-bond donors (Lipinski definition) is 3. The summed E-state index contributed by atoms with van der Waals surface area (Å²) in [6, 6.07) is 12.7. The van der Waals surface area contributed by atoms with Gasteiger partial charge in [0.25, 0.3) is 5.91 Å². The minimum absolute atomic E-state index is 0.0508. The first-order valence-corrected chi connectivity index (χ1v) is 9.54. The van der Waals surface area contributed by atoms with Gasteiger partial charge in [-0.1, -0.05) is 18.6 Å². The highest BCUT2D eigenvalue weighted by atomic mass is 19.1. The summed E-state index contributed by atoms with van der Waals surface area (Å²) in [5.41, 5.74) is 1.21. The van der Waals surface area contributed by atoms with Crippen molar-refractivity contribution in [1.29, 1.82) is 0 Å². The van der Waals surface area contributed by atoms with Crippen molar-refractivity contribution in [3.8, 4) is 0 Å². The molecule has 0 aliphatic heterocycles. The predicted molar refractivity (Wildman–Crippen MR) is 106 cm³/mol. The monoisotopic (exact) mass is 398 g/mol. The fourth-order valence-electron chi connectivity index (χ4n) is 3.48. The molecule has 6 nitrogen and oxygen atoms in total. The summed E-state index contributed by atoms with van der Waals surface area (Å²) >= 11 is 0. The van der Waals surface area contributed by atoms with Crippen molar-refractivity contribution in [3.05, 3.63) is 65.5 Å². The summed E-state index contributed by atoms with van der Waals surface area (Å²) in [7, 11) is 0. The van der Waals surface area contributed by atoms with Gasteiger partial charge in [-0.2, -0.15) is 0 Å². The van der Waals surface area contributed by atoms with Crippen LogP contribution in [0.4, 0.5) is 10.1 Å². The van der Waals surface area contributed by atoms with Crippen molar-refractivity contribution in [2.75, 3.05) is 11.9 Å². The molecule has 2 amide bonds. The fourth-order valence-corrected chi connectivity index (χ4v) is 3.48. The molecule has 7 heteroatoms. The van der Waals surface area contributed by atoms with E-state index in [1.165, 1.54) is 12.1 Å². The summed E-state index contributed by atoms with van der Waals surface area (Å²) in [6.45, 7) is 0.0508. The molecular formula is C22H23FN2O4. The van der Waals surface area contributed by atoms with Crippen LogP contribution in [0, 0.1) is 11.2 Å². The summed E-state index contributed by atoms with van der Waals surface area (Å²) in [5.74, 6) is -1.77. The zero-order valence-corrected chi connectivity index (χ0v) is 15.9. The van der Waals surface area contributed by atoms with Crippen molar-refractivity contribution >= 4 is 23.5 Å². The summed E-state index contributed by atoms with van der Waals surface area (Å²) in [4.78, 5) is 35.4. The largest absolute Gasteiger partial charge is 0.481 e. The molecule has 1 saturated carbocycles. The maximum Gasteiger partial charge on any atom is 0.305 e. The first kappa shape index (κ1) is 20.5. The zero-order valence-electron chi connectivity index (χ0n) is 15.9. The van der Waals surface area contributed by atoms with Crippen LogP contribution in [0.25, 0.3) is 0 Å². The van der Waals surface area contributed by atoms with E-state index >= 15 is 0 Å². The average Bonchev–Trinajstić information content (AvgIpc) is 2.65. The Morgan fingerprint density at radius 2 is 1.79 bits per heavy atom. The lowest BCUT2D eigenvalue weighted by Crippen LogP contribution is -2.43. The van der Waals surface area contributed by atoms with E-state index in [1.807, 2.05) is 6.07 Å². The number of anilines is 1. The van der Waals surface area contributed by atoms with E-state index in [0.29, 0.717) is 17.7 Å². The lowest BCUT2D eigenvalue weighted by molar-refractivity contribution is -0.136. The quantitative estimate of drug-likeness (QED) is 0.635. The van der Waals surface area contributed by atoms with E-state index in [2.05, 4.69) is 10.6 Å². The van der Waals surface area contributed by atoms with Crippen LogP contribution in [0.2, 0.25) is 0 Å². The number of amides is 2. The predicted octanol–water partition coefficient (Wildman–Crippen LogP) is 3.38. The molecule has 0 heterocycles. The number of aliphatic carboxylic acids is 1. The molecule has 0 aromatic heterocycles. The molecule has 2 aromatic rings. The van der Waals surface area contributed by atoms with Crippen molar-refractivity contribution in [2.24, 2.45) is 5.41 Å². The van der Waals surface area contributed by atoms with Gasteiger partial charge < -0.3 is 15.7 Å². The fraction of sp³-hybridized carbons (Fsp3) is 0.318. The normalized spacial score (nSPS) is 14.5. The molecule has 0 bridgehead atoms. The molecule has 3 N–H and O–H groups in total. The van der Waals surface area contributed by atoms with Gasteiger partial charge in [-0.25, -0.2) is 4.39 Å². The number of benzene rings is 2. The van der Waals surface area contributed by atoms with Gasteiger partial charge >= 0.3 is 5.97 Å². The molecule has 0 spiro atoms. The van der Waals surface area contributed by atoms with Gasteiger partial charge in [-0.15, -0.1) is 0 Å². The van der Waals surface area contributed by atoms with E-state index < -0.39 is 11.4 Å². The van der Waals surface area contributed by atoms with Gasteiger partial charge in [0.05, 0.1) is 11.8 Å². The first-order chi connectivity index (χ1) is 13.9. The Morgan fingerprint density at radius 3 is 2.38 bits per heavy atom. The molecule has 0 radical (unpaired) electrons. The Hall–Kier alpha value is -3.22. The van der Waals surface area contributed by atoms with Crippen LogP contribution in [0.3, 0.4) is 0 Å². The van der Waals surface area contributed by atoms with E-state index in [0.717, 1.165) is 24.8 Å². The van der Waals surface area contributed by atoms with Gasteiger partial charge in [0.2, 0.25) is 5.91 Å². The van der Waals surface area contributed by atoms with E-state index in [1.54, 1.807) is 30.3 Å². The van der Waals surface area contributed by atoms with Crippen LogP contribution < -0.4 is 10.6 Å². The van der Waals surface area contributed by atoms with Crippen molar-refractivity contribution < 1.29 is 23.9 Å².